The number of benzene rings is 1. The van der Waals surface area contributed by atoms with Crippen LogP contribution in [-0.2, 0) is 15.7 Å². The average molecular weight is 464 g/mol. The summed E-state index contributed by atoms with van der Waals surface area (Å²) in [4.78, 5) is 21.5. The fourth-order valence-electron chi connectivity index (χ4n) is 0.852. The topological polar surface area (TPSA) is 52.6 Å². The first-order valence-corrected chi connectivity index (χ1v) is 8.18. The van der Waals surface area contributed by atoms with Crippen LogP contribution in [0.4, 0.5) is 26.3 Å². The summed E-state index contributed by atoms with van der Waals surface area (Å²) in [5.74, 6) is -5.50. The number of halogens is 8. The van der Waals surface area contributed by atoms with Crippen LogP contribution in [0.25, 0.3) is 0 Å². The minimum absolute atomic E-state index is 0.129. The Bertz CT molecular complexity index is 528. The Morgan fingerprint density at radius 1 is 0.864 bits per heavy atom. The monoisotopic (exact) mass is 464 g/mol. The van der Waals surface area contributed by atoms with E-state index in [0.717, 1.165) is 24.3 Å². The molecule has 0 saturated carbocycles. The molecule has 0 saturated heterocycles. The zero-order valence-corrected chi connectivity index (χ0v) is 12.9. The predicted molar refractivity (Wildman–Crippen MR) is 68.5 cm³/mol. The molecule has 12 heteroatoms. The molecule has 0 heterocycles. The molecule has 0 amide bonds. The Hall–Kier alpha value is -1.24. The second-order valence-electron chi connectivity index (χ2n) is 3.38. The molecule has 1 aromatic rings. The third-order valence-electron chi connectivity index (χ3n) is 1.72. The van der Waals surface area contributed by atoms with Gasteiger partial charge in [-0.25, -0.2) is 0 Å². The summed E-state index contributed by atoms with van der Waals surface area (Å²) in [7, 11) is 0. The van der Waals surface area contributed by atoms with Gasteiger partial charge in [-0.15, -0.1) is 0 Å². The molecule has 124 valence electrons. The van der Waals surface area contributed by atoms with Gasteiger partial charge in [-0.1, -0.05) is 0 Å². The van der Waals surface area contributed by atoms with Crippen molar-refractivity contribution in [3.05, 3.63) is 32.9 Å². The van der Waals surface area contributed by atoms with E-state index in [2.05, 4.69) is 6.13 Å². The molecule has 0 spiro atoms. The van der Waals surface area contributed by atoms with E-state index < -0.39 is 44.9 Å². The van der Waals surface area contributed by atoms with Gasteiger partial charge in [0.05, 0.1) is 0 Å². The van der Waals surface area contributed by atoms with Crippen molar-refractivity contribution in [3.63, 3.8) is 0 Å². The first kappa shape index (κ1) is 18.8. The van der Waals surface area contributed by atoms with Gasteiger partial charge in [0, 0.05) is 0 Å². The number of carbonyl (C=O) groups is 2. The van der Waals surface area contributed by atoms with Crippen LogP contribution in [0, 0.1) is 3.57 Å². The fourth-order valence-corrected chi connectivity index (χ4v) is 3.75. The summed E-state index contributed by atoms with van der Waals surface area (Å²) in [6.07, 6.45) is -10.9. The van der Waals surface area contributed by atoms with Gasteiger partial charge in [0.2, 0.25) is 0 Å². The molecule has 0 aliphatic rings. The molecular formula is C10H4ClF6IO4. The van der Waals surface area contributed by atoms with Crippen molar-refractivity contribution >= 4 is 44.2 Å². The van der Waals surface area contributed by atoms with Crippen molar-refractivity contribution in [2.45, 2.75) is 12.4 Å². The minimum atomic E-state index is -5.44. The third kappa shape index (κ3) is 5.51. The molecule has 0 atom stereocenters. The maximum absolute atomic E-state index is 12.1. The molecule has 0 aromatic heterocycles. The van der Waals surface area contributed by atoms with Crippen LogP contribution in [0.1, 0.15) is 0 Å². The van der Waals surface area contributed by atoms with Gasteiger partial charge >= 0.3 is 131 Å². The Balaban J connectivity index is 3.02. The van der Waals surface area contributed by atoms with E-state index in [1.807, 2.05) is 0 Å². The number of hydrogen-bond acceptors (Lipinski definition) is 4. The maximum atomic E-state index is 12.1. The van der Waals surface area contributed by atoms with Crippen molar-refractivity contribution in [1.29, 1.82) is 0 Å². The summed E-state index contributed by atoms with van der Waals surface area (Å²) in [6, 6.07) is 4.26. The van der Waals surface area contributed by atoms with Gasteiger partial charge in [0.15, 0.2) is 0 Å². The van der Waals surface area contributed by atoms with Gasteiger partial charge in [-0.2, -0.15) is 0 Å². The summed E-state index contributed by atoms with van der Waals surface area (Å²) in [5, 5.41) is 0.129. The van der Waals surface area contributed by atoms with Crippen LogP contribution in [0.3, 0.4) is 0 Å². The number of carbonyl (C=O) groups excluding carboxylic acids is 2. The van der Waals surface area contributed by atoms with Crippen molar-refractivity contribution in [1.82, 2.24) is 0 Å². The zero-order chi connectivity index (χ0) is 17.1. The molecule has 0 fully saturated rings. The zero-order valence-electron chi connectivity index (χ0n) is 9.97. The molecule has 0 unspecified atom stereocenters. The number of alkyl halides is 6. The Morgan fingerprint density at radius 2 is 1.23 bits per heavy atom. The normalized spacial score (nSPS) is 12.6. The van der Waals surface area contributed by atoms with E-state index in [4.69, 9.17) is 11.6 Å². The first-order valence-electron chi connectivity index (χ1n) is 4.96. The fraction of sp³-hybridized carbons (Fsp3) is 0.200. The molecular weight excluding hydrogens is 460 g/mol. The first-order chi connectivity index (χ1) is 9.91. The van der Waals surface area contributed by atoms with Gasteiger partial charge in [-0.05, 0) is 0 Å². The van der Waals surface area contributed by atoms with Crippen molar-refractivity contribution < 1.29 is 42.1 Å². The van der Waals surface area contributed by atoms with E-state index >= 15 is 0 Å². The Morgan fingerprint density at radius 3 is 1.55 bits per heavy atom. The SMILES string of the molecule is O=C(OI(OC(=O)C(F)(F)F)c1ccc(Cl)cc1)C(F)(F)F. The van der Waals surface area contributed by atoms with Crippen molar-refractivity contribution in [2.75, 3.05) is 0 Å². The van der Waals surface area contributed by atoms with Crippen LogP contribution in [0.15, 0.2) is 24.3 Å². The molecule has 1 aromatic carbocycles. The second-order valence-corrected chi connectivity index (χ2v) is 7.18. The van der Waals surface area contributed by atoms with Gasteiger partial charge in [-0.3, -0.25) is 0 Å². The molecule has 4 nitrogen and oxygen atoms in total. The van der Waals surface area contributed by atoms with E-state index in [1.165, 1.54) is 0 Å². The number of hydrogen-bond donors (Lipinski definition) is 0. The summed E-state index contributed by atoms with van der Waals surface area (Å²) < 4.78 is 80.3. The summed E-state index contributed by atoms with van der Waals surface area (Å²) in [5.41, 5.74) is 0. The summed E-state index contributed by atoms with van der Waals surface area (Å²) in [6.45, 7) is 0. The molecule has 0 aliphatic heterocycles. The van der Waals surface area contributed by atoms with Crippen LogP contribution in [0.2, 0.25) is 5.02 Å². The van der Waals surface area contributed by atoms with Crippen LogP contribution < -0.4 is 0 Å². The molecule has 0 aliphatic carbocycles. The second kappa shape index (κ2) is 6.89. The van der Waals surface area contributed by atoms with Crippen molar-refractivity contribution in [2.24, 2.45) is 0 Å². The van der Waals surface area contributed by atoms with E-state index in [-0.39, 0.29) is 8.59 Å². The van der Waals surface area contributed by atoms with Crippen LogP contribution in [-0.4, -0.2) is 24.3 Å². The molecule has 0 radical (unpaired) electrons. The Kier molecular flexibility index (Phi) is 5.89. The van der Waals surface area contributed by atoms with Gasteiger partial charge in [0.25, 0.3) is 0 Å². The molecule has 0 bridgehead atoms. The molecule has 22 heavy (non-hydrogen) atoms. The number of rotatable bonds is 3. The molecule has 0 N–H and O–H groups in total. The Labute approximate surface area is 131 Å². The van der Waals surface area contributed by atoms with Crippen molar-refractivity contribution in [3.8, 4) is 0 Å². The quantitative estimate of drug-likeness (QED) is 0.500. The van der Waals surface area contributed by atoms with E-state index in [9.17, 15) is 35.9 Å². The van der Waals surface area contributed by atoms with E-state index in [0.29, 0.717) is 0 Å². The summed E-state index contributed by atoms with van der Waals surface area (Å²) >= 11 is 1.18. The standard InChI is InChI=1S/C10H4ClF6IO4/c11-5-1-3-6(4-2-5)18(21-7(19)9(12,13)14)22-8(20)10(15,16)17/h1-4H. The van der Waals surface area contributed by atoms with Gasteiger partial charge in [0.1, 0.15) is 0 Å². The van der Waals surface area contributed by atoms with Crippen LogP contribution >= 0.6 is 32.3 Å². The van der Waals surface area contributed by atoms with Crippen LogP contribution in [0.5, 0.6) is 0 Å². The predicted octanol–water partition coefficient (Wildman–Crippen LogP) is 4.06. The molecule has 1 rings (SSSR count). The van der Waals surface area contributed by atoms with E-state index in [1.54, 1.807) is 0 Å². The average Bonchev–Trinajstić information content (AvgIpc) is 2.36. The van der Waals surface area contributed by atoms with Gasteiger partial charge < -0.3 is 0 Å². The third-order valence-corrected chi connectivity index (χ3v) is 5.31.